The second-order valence-electron chi connectivity index (χ2n) is 6.59. The maximum atomic E-state index is 12.4. The topological polar surface area (TPSA) is 103 Å². The normalized spacial score (nSPS) is 19.6. The van der Waals surface area contributed by atoms with E-state index in [1.165, 1.54) is 6.20 Å². The summed E-state index contributed by atoms with van der Waals surface area (Å²) in [6, 6.07) is 3.31. The van der Waals surface area contributed by atoms with Crippen LogP contribution in [0.5, 0.6) is 0 Å². The SMILES string of the molecule is CCOC(=O)c1cc(Br)cc2c(C3CCCS(=O)(=O)CC3)cn(C(=O)O)c12. The quantitative estimate of drug-likeness (QED) is 0.703. The molecule has 0 spiro atoms. The van der Waals surface area contributed by atoms with Crippen LogP contribution in [0, 0.1) is 0 Å². The summed E-state index contributed by atoms with van der Waals surface area (Å²) in [4.78, 5) is 24.2. The van der Waals surface area contributed by atoms with Crippen molar-refractivity contribution in [3.05, 3.63) is 33.9 Å². The Bertz CT molecular complexity index is 1010. The van der Waals surface area contributed by atoms with E-state index in [4.69, 9.17) is 4.74 Å². The molecule has 0 bridgehead atoms. The van der Waals surface area contributed by atoms with Gasteiger partial charge in [-0.2, -0.15) is 0 Å². The lowest BCUT2D eigenvalue weighted by Crippen LogP contribution is -2.11. The molecular weight excluding hydrogens is 438 g/mol. The van der Waals surface area contributed by atoms with Gasteiger partial charge >= 0.3 is 12.1 Å². The molecule has 0 saturated carbocycles. The van der Waals surface area contributed by atoms with Gasteiger partial charge in [-0.3, -0.25) is 4.57 Å². The van der Waals surface area contributed by atoms with Crippen molar-refractivity contribution in [1.82, 2.24) is 4.57 Å². The van der Waals surface area contributed by atoms with E-state index in [9.17, 15) is 23.1 Å². The first-order valence-electron chi connectivity index (χ1n) is 8.69. The molecule has 1 aromatic carbocycles. The van der Waals surface area contributed by atoms with Crippen LogP contribution in [0.3, 0.4) is 0 Å². The lowest BCUT2D eigenvalue weighted by atomic mass is 9.91. The highest BCUT2D eigenvalue weighted by Crippen LogP contribution is 2.37. The maximum absolute atomic E-state index is 12.4. The molecule has 1 aliphatic rings. The number of carboxylic acid groups (broad SMARTS) is 1. The van der Waals surface area contributed by atoms with Gasteiger partial charge in [-0.15, -0.1) is 0 Å². The van der Waals surface area contributed by atoms with Crippen LogP contribution in [0.1, 0.15) is 48.0 Å². The number of esters is 1. The summed E-state index contributed by atoms with van der Waals surface area (Å²) < 4.78 is 30.6. The molecule has 0 radical (unpaired) electrons. The largest absolute Gasteiger partial charge is 0.464 e. The third-order valence-corrected chi connectivity index (χ3v) is 7.05. The minimum Gasteiger partial charge on any atom is -0.464 e. The Kier molecular flexibility index (Phi) is 5.62. The van der Waals surface area contributed by atoms with Gasteiger partial charge in [-0.05, 0) is 49.8 Å². The number of nitrogens with zero attached hydrogens (tertiary/aromatic N) is 1. The van der Waals surface area contributed by atoms with Gasteiger partial charge in [0, 0.05) is 16.1 Å². The molecule has 1 unspecified atom stereocenters. The van der Waals surface area contributed by atoms with Gasteiger partial charge in [0.2, 0.25) is 0 Å². The molecule has 146 valence electrons. The summed E-state index contributed by atoms with van der Waals surface area (Å²) in [6.45, 7) is 1.86. The minimum atomic E-state index is -3.07. The summed E-state index contributed by atoms with van der Waals surface area (Å²) in [6.07, 6.45) is 1.91. The van der Waals surface area contributed by atoms with Gasteiger partial charge in [0.05, 0.1) is 29.2 Å². The Labute approximate surface area is 165 Å². The average Bonchev–Trinajstić information content (AvgIpc) is 2.87. The number of hydrogen-bond donors (Lipinski definition) is 1. The van der Waals surface area contributed by atoms with Crippen LogP contribution in [-0.4, -0.2) is 48.3 Å². The van der Waals surface area contributed by atoms with Crippen LogP contribution in [0.25, 0.3) is 10.9 Å². The van der Waals surface area contributed by atoms with Gasteiger partial charge in [0.1, 0.15) is 9.84 Å². The van der Waals surface area contributed by atoms with Crippen molar-refractivity contribution in [1.29, 1.82) is 0 Å². The van der Waals surface area contributed by atoms with E-state index in [1.54, 1.807) is 19.1 Å². The second kappa shape index (κ2) is 7.63. The van der Waals surface area contributed by atoms with E-state index in [0.717, 1.165) is 10.1 Å². The van der Waals surface area contributed by atoms with Crippen LogP contribution in [0.15, 0.2) is 22.8 Å². The molecule has 0 aliphatic carbocycles. The molecule has 3 rings (SSSR count). The molecular formula is C18H20BrNO6S. The molecule has 2 heterocycles. The molecule has 1 fully saturated rings. The van der Waals surface area contributed by atoms with Crippen molar-refractivity contribution in [2.75, 3.05) is 18.1 Å². The van der Waals surface area contributed by atoms with Crippen molar-refractivity contribution in [2.45, 2.75) is 32.1 Å². The predicted octanol–water partition coefficient (Wildman–Crippen LogP) is 3.79. The number of aromatic nitrogens is 1. The highest BCUT2D eigenvalue weighted by Gasteiger charge is 2.28. The van der Waals surface area contributed by atoms with Crippen molar-refractivity contribution in [2.24, 2.45) is 0 Å². The highest BCUT2D eigenvalue weighted by molar-refractivity contribution is 9.10. The number of halogens is 1. The fourth-order valence-corrected chi connectivity index (χ4v) is 5.53. The predicted molar refractivity (Wildman–Crippen MR) is 104 cm³/mol. The van der Waals surface area contributed by atoms with E-state index < -0.39 is 21.9 Å². The third kappa shape index (κ3) is 4.03. The molecule has 1 aromatic heterocycles. The Balaban J connectivity index is 2.20. The Morgan fingerprint density at radius 2 is 2.04 bits per heavy atom. The van der Waals surface area contributed by atoms with Crippen molar-refractivity contribution < 1.29 is 27.9 Å². The maximum Gasteiger partial charge on any atom is 0.416 e. The molecule has 7 nitrogen and oxygen atoms in total. The van der Waals surface area contributed by atoms with Gasteiger partial charge in [0.25, 0.3) is 0 Å². The summed E-state index contributed by atoms with van der Waals surface area (Å²) in [5.74, 6) is -0.455. The molecule has 1 saturated heterocycles. The second-order valence-corrected chi connectivity index (χ2v) is 9.81. The average molecular weight is 458 g/mol. The van der Waals surface area contributed by atoms with E-state index in [2.05, 4.69) is 15.9 Å². The monoisotopic (exact) mass is 457 g/mol. The fraction of sp³-hybridized carbons (Fsp3) is 0.444. The van der Waals surface area contributed by atoms with Crippen LogP contribution in [0.2, 0.25) is 0 Å². The third-order valence-electron chi connectivity index (χ3n) is 4.82. The van der Waals surface area contributed by atoms with Gasteiger partial charge in [-0.1, -0.05) is 15.9 Å². The minimum absolute atomic E-state index is 0.0795. The smallest absolute Gasteiger partial charge is 0.416 e. The van der Waals surface area contributed by atoms with Gasteiger partial charge < -0.3 is 9.84 Å². The first-order chi connectivity index (χ1) is 12.7. The van der Waals surface area contributed by atoms with Gasteiger partial charge in [0.15, 0.2) is 0 Å². The van der Waals surface area contributed by atoms with Crippen LogP contribution in [0.4, 0.5) is 4.79 Å². The van der Waals surface area contributed by atoms with E-state index in [0.29, 0.717) is 29.1 Å². The molecule has 2 aromatic rings. The number of carbonyl (C=O) groups excluding carboxylic acids is 1. The molecule has 27 heavy (non-hydrogen) atoms. The van der Waals surface area contributed by atoms with Crippen molar-refractivity contribution in [3.63, 3.8) is 0 Å². The first-order valence-corrected chi connectivity index (χ1v) is 11.3. The number of fused-ring (bicyclic) bond motifs is 1. The summed E-state index contributed by atoms with van der Waals surface area (Å²) in [5, 5.41) is 10.3. The number of hydrogen-bond acceptors (Lipinski definition) is 5. The van der Waals surface area contributed by atoms with Crippen molar-refractivity contribution >= 4 is 48.7 Å². The number of benzene rings is 1. The van der Waals surface area contributed by atoms with Gasteiger partial charge in [-0.25, -0.2) is 18.0 Å². The fourth-order valence-electron chi connectivity index (χ4n) is 3.62. The standard InChI is InChI=1S/C18H20BrNO6S/c1-2-26-17(21)14-9-12(19)8-13-15(10-20(16(13)14)18(22)23)11-4-3-6-27(24,25)7-5-11/h8-11H,2-7H2,1H3,(H,22,23). The number of ether oxygens (including phenoxy) is 1. The number of carbonyl (C=O) groups is 2. The zero-order valence-electron chi connectivity index (χ0n) is 14.8. The van der Waals surface area contributed by atoms with Crippen LogP contribution in [-0.2, 0) is 14.6 Å². The Hall–Kier alpha value is -1.87. The zero-order valence-corrected chi connectivity index (χ0v) is 17.2. The van der Waals surface area contributed by atoms with Crippen molar-refractivity contribution in [3.8, 4) is 0 Å². The zero-order chi connectivity index (χ0) is 19.8. The molecule has 0 amide bonds. The lowest BCUT2D eigenvalue weighted by Gasteiger charge is -2.13. The highest BCUT2D eigenvalue weighted by atomic mass is 79.9. The molecule has 1 N–H and O–H groups in total. The Morgan fingerprint density at radius 3 is 2.70 bits per heavy atom. The number of rotatable bonds is 3. The summed E-state index contributed by atoms with van der Waals surface area (Å²) in [7, 11) is -3.07. The molecule has 1 atom stereocenters. The van der Waals surface area contributed by atoms with Crippen LogP contribution < -0.4 is 0 Å². The van der Waals surface area contributed by atoms with Crippen LogP contribution >= 0.6 is 15.9 Å². The van der Waals surface area contributed by atoms with E-state index in [-0.39, 0.29) is 35.1 Å². The first kappa shape index (κ1) is 19.9. The summed E-state index contributed by atoms with van der Waals surface area (Å²) >= 11 is 3.38. The molecule has 9 heteroatoms. The lowest BCUT2D eigenvalue weighted by molar-refractivity contribution is 0.0528. The van der Waals surface area contributed by atoms with E-state index in [1.807, 2.05) is 0 Å². The Morgan fingerprint density at radius 1 is 1.30 bits per heavy atom. The number of sulfone groups is 1. The van der Waals surface area contributed by atoms with E-state index >= 15 is 0 Å². The molecule has 1 aliphatic heterocycles. The summed E-state index contributed by atoms with van der Waals surface area (Å²) in [5.41, 5.74) is 1.18.